The lowest BCUT2D eigenvalue weighted by molar-refractivity contribution is -0.115. The summed E-state index contributed by atoms with van der Waals surface area (Å²) in [7, 11) is 0. The van der Waals surface area contributed by atoms with Crippen LogP contribution in [-0.2, 0) is 9.53 Å². The van der Waals surface area contributed by atoms with Gasteiger partial charge in [0.15, 0.2) is 5.76 Å². The van der Waals surface area contributed by atoms with Crippen LogP contribution >= 0.6 is 0 Å². The van der Waals surface area contributed by atoms with E-state index in [2.05, 4.69) is 15.5 Å². The van der Waals surface area contributed by atoms with E-state index in [-0.39, 0.29) is 5.91 Å². The fraction of sp³-hybridized carbons (Fsp3) is 0.250. The number of aromatic nitrogens is 2. The Kier molecular flexibility index (Phi) is 1.99. The van der Waals surface area contributed by atoms with Crippen LogP contribution in [0.2, 0.25) is 0 Å². The molecule has 0 aliphatic carbocycles. The molecule has 0 saturated heterocycles. The highest BCUT2D eigenvalue weighted by Crippen LogP contribution is 2.11. The average molecular weight is 179 g/mol. The van der Waals surface area contributed by atoms with Gasteiger partial charge in [0.1, 0.15) is 0 Å². The highest BCUT2D eigenvalue weighted by Gasteiger charge is 2.14. The normalized spacial score (nSPS) is 14.9. The summed E-state index contributed by atoms with van der Waals surface area (Å²) >= 11 is 0. The molecule has 1 aliphatic rings. The number of nitrogens with one attached hydrogen (secondary N) is 2. The van der Waals surface area contributed by atoms with Crippen molar-refractivity contribution in [1.82, 2.24) is 10.2 Å². The molecular formula is C8H9N3O2. The fourth-order valence-electron chi connectivity index (χ4n) is 1.09. The Hall–Kier alpha value is -1.78. The Bertz CT molecular complexity index is 329. The summed E-state index contributed by atoms with van der Waals surface area (Å²) in [5.74, 6) is 0.167. The lowest BCUT2D eigenvalue weighted by Gasteiger charge is -2.02. The third kappa shape index (κ3) is 1.69. The predicted octanol–water partition coefficient (Wildman–Crippen LogP) is 0.652. The first-order valence-corrected chi connectivity index (χ1v) is 3.99. The van der Waals surface area contributed by atoms with Gasteiger partial charge in [-0.1, -0.05) is 0 Å². The topological polar surface area (TPSA) is 67.0 Å². The van der Waals surface area contributed by atoms with Crippen LogP contribution in [0, 0.1) is 0 Å². The summed E-state index contributed by atoms with van der Waals surface area (Å²) in [6.07, 6.45) is 5.71. The molecule has 0 unspecified atom stereocenters. The minimum atomic E-state index is -0.223. The molecule has 0 radical (unpaired) electrons. The molecule has 0 fully saturated rings. The van der Waals surface area contributed by atoms with Gasteiger partial charge in [-0.15, -0.1) is 0 Å². The second-order valence-corrected chi connectivity index (χ2v) is 2.65. The number of carbonyl (C=O) groups excluding carboxylic acids is 1. The Balaban J connectivity index is 1.99. The van der Waals surface area contributed by atoms with Crippen molar-refractivity contribution < 1.29 is 9.53 Å². The van der Waals surface area contributed by atoms with Crippen molar-refractivity contribution in [2.24, 2.45) is 0 Å². The second-order valence-electron chi connectivity index (χ2n) is 2.65. The Labute approximate surface area is 74.8 Å². The van der Waals surface area contributed by atoms with Gasteiger partial charge < -0.3 is 10.1 Å². The third-order valence-corrected chi connectivity index (χ3v) is 1.69. The van der Waals surface area contributed by atoms with Gasteiger partial charge in [-0.05, 0) is 6.08 Å². The monoisotopic (exact) mass is 179 g/mol. The zero-order valence-corrected chi connectivity index (χ0v) is 6.91. The lowest BCUT2D eigenvalue weighted by Crippen LogP contribution is -2.14. The van der Waals surface area contributed by atoms with Crippen molar-refractivity contribution in [1.29, 1.82) is 0 Å². The van der Waals surface area contributed by atoms with Crippen molar-refractivity contribution in [3.8, 4) is 0 Å². The van der Waals surface area contributed by atoms with E-state index in [1.165, 1.54) is 6.20 Å². The molecule has 13 heavy (non-hydrogen) atoms. The molecule has 0 spiro atoms. The molecule has 5 nitrogen and oxygen atoms in total. The maximum atomic E-state index is 11.4. The van der Waals surface area contributed by atoms with Crippen molar-refractivity contribution in [2.45, 2.75) is 6.42 Å². The SMILES string of the molecule is O=C(Nc1cn[nH]c1)C1=CCCO1. The Morgan fingerprint density at radius 3 is 3.23 bits per heavy atom. The predicted molar refractivity (Wildman–Crippen MR) is 45.9 cm³/mol. The van der Waals surface area contributed by atoms with Gasteiger partial charge in [0.25, 0.3) is 5.91 Å². The molecule has 2 heterocycles. The lowest BCUT2D eigenvalue weighted by atomic mass is 10.4. The third-order valence-electron chi connectivity index (χ3n) is 1.69. The van der Waals surface area contributed by atoms with Gasteiger partial charge in [0.2, 0.25) is 0 Å². The van der Waals surface area contributed by atoms with E-state index in [4.69, 9.17) is 4.74 Å². The number of anilines is 1. The molecule has 1 aromatic heterocycles. The largest absolute Gasteiger partial charge is 0.488 e. The van der Waals surface area contributed by atoms with Crippen LogP contribution in [0.5, 0.6) is 0 Å². The zero-order valence-electron chi connectivity index (χ0n) is 6.91. The molecule has 0 saturated carbocycles. The van der Waals surface area contributed by atoms with Crippen molar-refractivity contribution in [3.63, 3.8) is 0 Å². The number of hydrogen-bond donors (Lipinski definition) is 2. The fourth-order valence-corrected chi connectivity index (χ4v) is 1.09. The number of aromatic amines is 1. The molecule has 1 amide bonds. The van der Waals surface area contributed by atoms with E-state index < -0.39 is 0 Å². The highest BCUT2D eigenvalue weighted by atomic mass is 16.5. The van der Waals surface area contributed by atoms with Gasteiger partial charge in [-0.2, -0.15) is 5.10 Å². The number of hydrogen-bond acceptors (Lipinski definition) is 3. The summed E-state index contributed by atoms with van der Waals surface area (Å²) < 4.78 is 5.08. The Morgan fingerprint density at radius 1 is 1.69 bits per heavy atom. The van der Waals surface area contributed by atoms with E-state index >= 15 is 0 Å². The number of rotatable bonds is 2. The van der Waals surface area contributed by atoms with Crippen molar-refractivity contribution in [3.05, 3.63) is 24.2 Å². The molecule has 0 atom stereocenters. The quantitative estimate of drug-likeness (QED) is 0.700. The molecule has 1 aliphatic heterocycles. The van der Waals surface area contributed by atoms with Crippen LogP contribution in [-0.4, -0.2) is 22.7 Å². The number of ether oxygens (including phenoxy) is 1. The van der Waals surface area contributed by atoms with Crippen LogP contribution in [0.3, 0.4) is 0 Å². The summed E-state index contributed by atoms with van der Waals surface area (Å²) in [5.41, 5.74) is 0.640. The minimum absolute atomic E-state index is 0.223. The molecule has 5 heteroatoms. The molecule has 2 rings (SSSR count). The first kappa shape index (κ1) is 7.85. The highest BCUT2D eigenvalue weighted by molar-refractivity contribution is 6.02. The minimum Gasteiger partial charge on any atom is -0.488 e. The standard InChI is InChI=1S/C8H9N3O2/c12-8(7-2-1-3-13-7)11-6-4-9-10-5-6/h2,4-5H,1,3H2,(H,9,10)(H,11,12). The second kappa shape index (κ2) is 3.30. The van der Waals surface area contributed by atoms with Gasteiger partial charge in [0, 0.05) is 12.6 Å². The van der Waals surface area contributed by atoms with Crippen molar-refractivity contribution >= 4 is 11.6 Å². The molecule has 68 valence electrons. The first-order valence-electron chi connectivity index (χ1n) is 3.99. The molecule has 2 N–H and O–H groups in total. The first-order chi connectivity index (χ1) is 6.36. The van der Waals surface area contributed by atoms with E-state index in [1.807, 2.05) is 0 Å². The van der Waals surface area contributed by atoms with E-state index in [0.29, 0.717) is 18.1 Å². The van der Waals surface area contributed by atoms with E-state index in [9.17, 15) is 4.79 Å². The van der Waals surface area contributed by atoms with Crippen LogP contribution in [0.4, 0.5) is 5.69 Å². The smallest absolute Gasteiger partial charge is 0.290 e. The van der Waals surface area contributed by atoms with Crippen LogP contribution < -0.4 is 5.32 Å². The van der Waals surface area contributed by atoms with E-state index in [0.717, 1.165) is 6.42 Å². The number of carbonyl (C=O) groups is 1. The molecule has 0 aromatic carbocycles. The summed E-state index contributed by atoms with van der Waals surface area (Å²) in [4.78, 5) is 11.4. The molecular weight excluding hydrogens is 170 g/mol. The summed E-state index contributed by atoms with van der Waals surface area (Å²) in [6.45, 7) is 0.591. The van der Waals surface area contributed by atoms with E-state index in [1.54, 1.807) is 12.3 Å². The maximum absolute atomic E-state index is 11.4. The maximum Gasteiger partial charge on any atom is 0.290 e. The van der Waals surface area contributed by atoms with Crippen LogP contribution in [0.15, 0.2) is 24.2 Å². The molecule has 0 bridgehead atoms. The number of nitrogens with zero attached hydrogens (tertiary/aromatic N) is 1. The summed E-state index contributed by atoms with van der Waals surface area (Å²) in [6, 6.07) is 0. The Morgan fingerprint density at radius 2 is 2.62 bits per heavy atom. The number of amides is 1. The van der Waals surface area contributed by atoms with Crippen molar-refractivity contribution in [2.75, 3.05) is 11.9 Å². The van der Waals surface area contributed by atoms with Gasteiger partial charge in [-0.25, -0.2) is 0 Å². The summed E-state index contributed by atoms with van der Waals surface area (Å²) in [5, 5.41) is 8.94. The van der Waals surface area contributed by atoms with Gasteiger partial charge >= 0.3 is 0 Å². The zero-order chi connectivity index (χ0) is 9.10. The van der Waals surface area contributed by atoms with Gasteiger partial charge in [0.05, 0.1) is 18.5 Å². The average Bonchev–Trinajstić information content (AvgIpc) is 2.74. The van der Waals surface area contributed by atoms with Crippen LogP contribution in [0.25, 0.3) is 0 Å². The van der Waals surface area contributed by atoms with Crippen LogP contribution in [0.1, 0.15) is 6.42 Å². The molecule has 1 aromatic rings. The van der Waals surface area contributed by atoms with Gasteiger partial charge in [-0.3, -0.25) is 9.89 Å². The number of H-pyrrole nitrogens is 1.